The lowest BCUT2D eigenvalue weighted by Crippen LogP contribution is -2.42. The van der Waals surface area contributed by atoms with Gasteiger partial charge < -0.3 is 14.8 Å². The summed E-state index contributed by atoms with van der Waals surface area (Å²) < 4.78 is 5.24. The van der Waals surface area contributed by atoms with Gasteiger partial charge in [0.2, 0.25) is 0 Å². The zero-order valence-corrected chi connectivity index (χ0v) is 10.3. The van der Waals surface area contributed by atoms with Crippen LogP contribution in [0.3, 0.4) is 0 Å². The Labute approximate surface area is 96.8 Å². The van der Waals surface area contributed by atoms with Crippen molar-refractivity contribution in [3.63, 3.8) is 0 Å². The first-order chi connectivity index (χ1) is 7.44. The molecular formula is C13H21NO2. The molecule has 1 aliphatic rings. The molecule has 1 saturated carbocycles. The van der Waals surface area contributed by atoms with Crippen LogP contribution in [0.15, 0.2) is 22.8 Å². The van der Waals surface area contributed by atoms with Gasteiger partial charge in [-0.25, -0.2) is 0 Å². The van der Waals surface area contributed by atoms with E-state index in [4.69, 9.17) is 4.42 Å². The first-order valence-electron chi connectivity index (χ1n) is 5.94. The standard InChI is InChI=1S/C13H21NO2/c1-10(12(2)6-7-12)14-9-13(3,15)11-5-4-8-16-11/h4-5,8,10,14-15H,6-7,9H2,1-3H3. The SMILES string of the molecule is CC(NCC(C)(O)c1ccco1)C1(C)CC1. The van der Waals surface area contributed by atoms with E-state index in [0.29, 0.717) is 23.8 Å². The Morgan fingerprint density at radius 3 is 2.81 bits per heavy atom. The second-order valence-electron chi connectivity index (χ2n) is 5.51. The molecule has 1 aliphatic carbocycles. The summed E-state index contributed by atoms with van der Waals surface area (Å²) in [5.74, 6) is 0.619. The van der Waals surface area contributed by atoms with Crippen LogP contribution in [0.25, 0.3) is 0 Å². The van der Waals surface area contributed by atoms with Gasteiger partial charge in [0.05, 0.1) is 6.26 Å². The Bertz CT molecular complexity index is 339. The van der Waals surface area contributed by atoms with Crippen LogP contribution < -0.4 is 5.32 Å². The first kappa shape index (κ1) is 11.7. The highest BCUT2D eigenvalue weighted by atomic mass is 16.4. The molecule has 16 heavy (non-hydrogen) atoms. The van der Waals surface area contributed by atoms with E-state index in [-0.39, 0.29) is 0 Å². The molecule has 3 nitrogen and oxygen atoms in total. The van der Waals surface area contributed by atoms with Crippen molar-refractivity contribution in [1.82, 2.24) is 5.32 Å². The summed E-state index contributed by atoms with van der Waals surface area (Å²) in [6.45, 7) is 6.77. The summed E-state index contributed by atoms with van der Waals surface area (Å²) in [6, 6.07) is 4.05. The van der Waals surface area contributed by atoms with E-state index in [1.165, 1.54) is 12.8 Å². The Kier molecular flexibility index (Phi) is 2.84. The molecule has 0 saturated heterocycles. The number of aliphatic hydroxyl groups is 1. The average Bonchev–Trinajstić information content (AvgIpc) is 2.80. The molecule has 0 spiro atoms. The average molecular weight is 223 g/mol. The molecular weight excluding hydrogens is 202 g/mol. The van der Waals surface area contributed by atoms with Gasteiger partial charge >= 0.3 is 0 Å². The van der Waals surface area contributed by atoms with E-state index in [9.17, 15) is 5.11 Å². The van der Waals surface area contributed by atoms with Gasteiger partial charge in [-0.05, 0) is 44.2 Å². The van der Waals surface area contributed by atoms with Crippen molar-refractivity contribution in [2.45, 2.75) is 45.3 Å². The van der Waals surface area contributed by atoms with Crippen LogP contribution in [-0.2, 0) is 5.60 Å². The summed E-state index contributed by atoms with van der Waals surface area (Å²) in [5, 5.41) is 13.7. The smallest absolute Gasteiger partial charge is 0.136 e. The Morgan fingerprint density at radius 1 is 1.62 bits per heavy atom. The summed E-state index contributed by atoms with van der Waals surface area (Å²) in [7, 11) is 0. The van der Waals surface area contributed by atoms with Crippen molar-refractivity contribution < 1.29 is 9.52 Å². The minimum atomic E-state index is -0.928. The number of hydrogen-bond donors (Lipinski definition) is 2. The lowest BCUT2D eigenvalue weighted by atomic mass is 9.98. The van der Waals surface area contributed by atoms with Crippen LogP contribution >= 0.6 is 0 Å². The molecule has 0 aromatic carbocycles. The highest BCUT2D eigenvalue weighted by Gasteiger charge is 2.43. The van der Waals surface area contributed by atoms with Gasteiger partial charge in [0.1, 0.15) is 11.4 Å². The van der Waals surface area contributed by atoms with Crippen LogP contribution in [0.1, 0.15) is 39.4 Å². The van der Waals surface area contributed by atoms with Crippen LogP contribution in [0.2, 0.25) is 0 Å². The highest BCUT2D eigenvalue weighted by molar-refractivity contribution is 5.09. The molecule has 1 heterocycles. The minimum Gasteiger partial charge on any atom is -0.466 e. The summed E-state index contributed by atoms with van der Waals surface area (Å²) in [5.41, 5.74) is -0.498. The lowest BCUT2D eigenvalue weighted by molar-refractivity contribution is 0.0299. The third-order valence-corrected chi connectivity index (χ3v) is 3.89. The molecule has 2 unspecified atom stereocenters. The predicted octanol–water partition coefficient (Wildman–Crippen LogP) is 2.27. The second kappa shape index (κ2) is 3.90. The van der Waals surface area contributed by atoms with E-state index in [0.717, 1.165) is 0 Å². The number of furan rings is 1. The molecule has 0 aliphatic heterocycles. The molecule has 1 fully saturated rings. The van der Waals surface area contributed by atoms with E-state index < -0.39 is 5.60 Å². The minimum absolute atomic E-state index is 0.430. The third-order valence-electron chi connectivity index (χ3n) is 3.89. The topological polar surface area (TPSA) is 45.4 Å². The van der Waals surface area contributed by atoms with Crippen molar-refractivity contribution in [3.8, 4) is 0 Å². The zero-order chi connectivity index (χ0) is 11.8. The van der Waals surface area contributed by atoms with Gasteiger partial charge in [-0.1, -0.05) is 6.92 Å². The highest BCUT2D eigenvalue weighted by Crippen LogP contribution is 2.48. The molecule has 0 radical (unpaired) electrons. The number of hydrogen-bond acceptors (Lipinski definition) is 3. The van der Waals surface area contributed by atoms with Crippen molar-refractivity contribution >= 4 is 0 Å². The summed E-state index contributed by atoms with van der Waals surface area (Å²) in [6.07, 6.45) is 4.16. The molecule has 2 N–H and O–H groups in total. The maximum absolute atomic E-state index is 10.3. The Morgan fingerprint density at radius 2 is 2.31 bits per heavy atom. The lowest BCUT2D eigenvalue weighted by Gasteiger charge is -2.27. The van der Waals surface area contributed by atoms with Crippen molar-refractivity contribution in [3.05, 3.63) is 24.2 Å². The fourth-order valence-corrected chi connectivity index (χ4v) is 1.90. The zero-order valence-electron chi connectivity index (χ0n) is 10.3. The van der Waals surface area contributed by atoms with Crippen LogP contribution in [0, 0.1) is 5.41 Å². The van der Waals surface area contributed by atoms with E-state index >= 15 is 0 Å². The molecule has 0 bridgehead atoms. The van der Waals surface area contributed by atoms with Crippen molar-refractivity contribution in [2.24, 2.45) is 5.41 Å². The van der Waals surface area contributed by atoms with E-state index in [1.807, 2.05) is 6.07 Å². The largest absolute Gasteiger partial charge is 0.466 e. The van der Waals surface area contributed by atoms with Gasteiger partial charge in [-0.3, -0.25) is 0 Å². The third kappa shape index (κ3) is 2.30. The van der Waals surface area contributed by atoms with Crippen LogP contribution in [-0.4, -0.2) is 17.7 Å². The van der Waals surface area contributed by atoms with Gasteiger partial charge in [0, 0.05) is 12.6 Å². The van der Waals surface area contributed by atoms with Crippen LogP contribution in [0.5, 0.6) is 0 Å². The molecule has 1 aromatic heterocycles. The number of rotatable bonds is 5. The second-order valence-corrected chi connectivity index (χ2v) is 5.51. The monoisotopic (exact) mass is 223 g/mol. The molecule has 90 valence electrons. The van der Waals surface area contributed by atoms with Crippen molar-refractivity contribution in [2.75, 3.05) is 6.54 Å². The molecule has 1 aromatic rings. The van der Waals surface area contributed by atoms with Gasteiger partial charge in [-0.2, -0.15) is 0 Å². The molecule has 2 rings (SSSR count). The quantitative estimate of drug-likeness (QED) is 0.805. The summed E-state index contributed by atoms with van der Waals surface area (Å²) >= 11 is 0. The number of nitrogens with one attached hydrogen (secondary N) is 1. The van der Waals surface area contributed by atoms with Crippen molar-refractivity contribution in [1.29, 1.82) is 0 Å². The summed E-state index contributed by atoms with van der Waals surface area (Å²) in [4.78, 5) is 0. The Hall–Kier alpha value is -0.800. The molecule has 3 heteroatoms. The predicted molar refractivity (Wildman–Crippen MR) is 63.1 cm³/mol. The normalized spacial score (nSPS) is 23.8. The maximum Gasteiger partial charge on any atom is 0.136 e. The van der Waals surface area contributed by atoms with Gasteiger partial charge in [0.15, 0.2) is 0 Å². The Balaban J connectivity index is 1.89. The van der Waals surface area contributed by atoms with Gasteiger partial charge in [0.25, 0.3) is 0 Å². The van der Waals surface area contributed by atoms with Crippen LogP contribution in [0.4, 0.5) is 0 Å². The first-order valence-corrected chi connectivity index (χ1v) is 5.94. The van der Waals surface area contributed by atoms with Gasteiger partial charge in [-0.15, -0.1) is 0 Å². The van der Waals surface area contributed by atoms with E-state index in [2.05, 4.69) is 19.2 Å². The molecule has 2 atom stereocenters. The van der Waals surface area contributed by atoms with E-state index in [1.54, 1.807) is 19.3 Å². The fraction of sp³-hybridized carbons (Fsp3) is 0.692. The maximum atomic E-state index is 10.3. The molecule has 0 amide bonds. The fourth-order valence-electron chi connectivity index (χ4n) is 1.90.